The van der Waals surface area contributed by atoms with Gasteiger partial charge in [-0.15, -0.1) is 0 Å². The molecule has 1 aliphatic rings. The van der Waals surface area contributed by atoms with Crippen LogP contribution in [0.25, 0.3) is 0 Å². The lowest BCUT2D eigenvalue weighted by atomic mass is 9.70. The summed E-state index contributed by atoms with van der Waals surface area (Å²) in [4.78, 5) is 21.5. The molecule has 1 saturated carbocycles. The molecule has 0 radical (unpaired) electrons. The second kappa shape index (κ2) is 5.54. The average molecular weight is 280 g/mol. The summed E-state index contributed by atoms with van der Waals surface area (Å²) >= 11 is 0. The molecule has 0 amide bonds. The molecule has 1 aromatic rings. The second-order valence-corrected chi connectivity index (χ2v) is 5.27. The molecule has 7 heteroatoms. The number of hydrogen-bond acceptors (Lipinski definition) is 5. The second-order valence-electron chi connectivity index (χ2n) is 5.27. The fourth-order valence-electron chi connectivity index (χ4n) is 3.14. The first-order valence-corrected chi connectivity index (χ1v) is 6.43. The van der Waals surface area contributed by atoms with E-state index in [0.29, 0.717) is 5.56 Å². The highest BCUT2D eigenvalue weighted by Gasteiger charge is 2.55. The van der Waals surface area contributed by atoms with Crippen LogP contribution in [0.5, 0.6) is 0 Å². The van der Waals surface area contributed by atoms with Crippen molar-refractivity contribution in [3.05, 3.63) is 56.1 Å². The van der Waals surface area contributed by atoms with Crippen molar-refractivity contribution in [2.24, 2.45) is 5.92 Å². The van der Waals surface area contributed by atoms with Gasteiger partial charge in [-0.3, -0.25) is 20.2 Å². The van der Waals surface area contributed by atoms with Crippen LogP contribution in [-0.2, 0) is 0 Å². The molecule has 0 unspecified atom stereocenters. The van der Waals surface area contributed by atoms with Crippen LogP contribution in [-0.4, -0.2) is 33.1 Å². The minimum Gasteiger partial charge on any atom is -0.386 e. The first-order valence-electron chi connectivity index (χ1n) is 6.43. The van der Waals surface area contributed by atoms with Crippen molar-refractivity contribution in [3.8, 4) is 0 Å². The Morgan fingerprint density at radius 1 is 1.10 bits per heavy atom. The molecule has 0 bridgehead atoms. The maximum Gasteiger partial charge on any atom is 0.251 e. The zero-order valence-corrected chi connectivity index (χ0v) is 11.0. The molecular weight excluding hydrogens is 264 g/mol. The summed E-state index contributed by atoms with van der Waals surface area (Å²) in [5, 5.41) is 32.5. The third kappa shape index (κ3) is 2.49. The van der Waals surface area contributed by atoms with Gasteiger partial charge in [-0.05, 0) is 12.0 Å². The highest BCUT2D eigenvalue weighted by Crippen LogP contribution is 2.39. The molecule has 0 heterocycles. The minimum absolute atomic E-state index is 0.0701. The van der Waals surface area contributed by atoms with Crippen molar-refractivity contribution in [3.63, 3.8) is 0 Å². The van der Waals surface area contributed by atoms with Gasteiger partial charge in [0.1, 0.15) is 12.0 Å². The average Bonchev–Trinajstić information content (AvgIpc) is 2.37. The first kappa shape index (κ1) is 14.4. The zero-order chi connectivity index (χ0) is 14.9. The van der Waals surface area contributed by atoms with E-state index in [9.17, 15) is 25.3 Å². The molecule has 0 aromatic heterocycles. The Hall–Kier alpha value is -2.02. The van der Waals surface area contributed by atoms with Gasteiger partial charge in [0, 0.05) is 15.8 Å². The van der Waals surface area contributed by atoms with E-state index in [1.165, 1.54) is 0 Å². The molecule has 0 saturated heterocycles. The Morgan fingerprint density at radius 3 is 2.15 bits per heavy atom. The Balaban J connectivity index is 2.50. The number of nitro groups is 2. The highest BCUT2D eigenvalue weighted by atomic mass is 16.6. The van der Waals surface area contributed by atoms with Crippen molar-refractivity contribution >= 4 is 0 Å². The Morgan fingerprint density at radius 2 is 1.65 bits per heavy atom. The largest absolute Gasteiger partial charge is 0.386 e. The summed E-state index contributed by atoms with van der Waals surface area (Å²) in [5.74, 6) is -1.33. The molecular formula is C13H16N2O5. The van der Waals surface area contributed by atoms with Gasteiger partial charge in [-0.25, -0.2) is 0 Å². The monoisotopic (exact) mass is 280 g/mol. The van der Waals surface area contributed by atoms with Gasteiger partial charge in [0.05, 0.1) is 0 Å². The van der Waals surface area contributed by atoms with Crippen molar-refractivity contribution in [2.75, 3.05) is 0 Å². The predicted molar refractivity (Wildman–Crippen MR) is 70.5 cm³/mol. The molecule has 0 aliphatic heterocycles. The Kier molecular flexibility index (Phi) is 3.99. The SMILES string of the molecule is C[C@@H]1C[C@@H](O)[C@@H]([N+](=O)[O-])[C@H](c2ccccc2)[C@@H]1[N+](=O)[O-]. The molecule has 108 valence electrons. The van der Waals surface area contributed by atoms with E-state index in [1.54, 1.807) is 37.3 Å². The Bertz CT molecular complexity index is 481. The fourth-order valence-corrected chi connectivity index (χ4v) is 3.14. The molecule has 1 N–H and O–H groups in total. The predicted octanol–water partition coefficient (Wildman–Crippen LogP) is 1.46. The highest BCUT2D eigenvalue weighted by molar-refractivity contribution is 5.24. The van der Waals surface area contributed by atoms with Crippen molar-refractivity contribution in [1.29, 1.82) is 0 Å². The van der Waals surface area contributed by atoms with E-state index in [2.05, 4.69) is 0 Å². The van der Waals surface area contributed by atoms with Crippen LogP contribution in [0, 0.1) is 26.1 Å². The molecule has 1 aromatic carbocycles. The fraction of sp³-hybridized carbons (Fsp3) is 0.538. The molecule has 20 heavy (non-hydrogen) atoms. The summed E-state index contributed by atoms with van der Waals surface area (Å²) in [7, 11) is 0. The van der Waals surface area contributed by atoms with E-state index in [0.717, 1.165) is 0 Å². The van der Waals surface area contributed by atoms with Gasteiger partial charge in [-0.1, -0.05) is 37.3 Å². The smallest absolute Gasteiger partial charge is 0.251 e. The number of benzene rings is 1. The van der Waals surface area contributed by atoms with Gasteiger partial charge in [0.25, 0.3) is 6.04 Å². The molecule has 7 nitrogen and oxygen atoms in total. The van der Waals surface area contributed by atoms with E-state index >= 15 is 0 Å². The third-order valence-electron chi connectivity index (χ3n) is 4.00. The number of nitrogens with zero attached hydrogens (tertiary/aromatic N) is 2. The number of hydrogen-bond donors (Lipinski definition) is 1. The van der Waals surface area contributed by atoms with Crippen LogP contribution in [0.3, 0.4) is 0 Å². The summed E-state index contributed by atoms with van der Waals surface area (Å²) in [6.45, 7) is 1.66. The van der Waals surface area contributed by atoms with Crippen LogP contribution >= 0.6 is 0 Å². The summed E-state index contributed by atoms with van der Waals surface area (Å²) < 4.78 is 0. The van der Waals surface area contributed by atoms with Crippen molar-refractivity contribution in [2.45, 2.75) is 37.5 Å². The van der Waals surface area contributed by atoms with Gasteiger partial charge < -0.3 is 5.11 Å². The van der Waals surface area contributed by atoms with Crippen LogP contribution in [0.1, 0.15) is 24.8 Å². The minimum atomic E-state index is -1.34. The van der Waals surface area contributed by atoms with Gasteiger partial charge in [-0.2, -0.15) is 0 Å². The quantitative estimate of drug-likeness (QED) is 0.666. The Labute approximate surface area is 115 Å². The third-order valence-corrected chi connectivity index (χ3v) is 4.00. The zero-order valence-electron chi connectivity index (χ0n) is 11.0. The van der Waals surface area contributed by atoms with Crippen LogP contribution in [0.4, 0.5) is 0 Å². The van der Waals surface area contributed by atoms with E-state index in [4.69, 9.17) is 0 Å². The number of aliphatic hydroxyl groups excluding tert-OH is 1. The lowest BCUT2D eigenvalue weighted by Crippen LogP contribution is -2.53. The van der Waals surface area contributed by atoms with Crippen molar-refractivity contribution in [1.82, 2.24) is 0 Å². The first-order chi connectivity index (χ1) is 9.43. The van der Waals surface area contributed by atoms with Crippen molar-refractivity contribution < 1.29 is 15.0 Å². The van der Waals surface area contributed by atoms with E-state index in [-0.39, 0.29) is 6.42 Å². The summed E-state index contributed by atoms with van der Waals surface area (Å²) in [5.41, 5.74) is 0.529. The van der Waals surface area contributed by atoms with Crippen LogP contribution < -0.4 is 0 Å². The maximum absolute atomic E-state index is 11.3. The maximum atomic E-state index is 11.3. The molecule has 1 aliphatic carbocycles. The normalized spacial score (nSPS) is 33.6. The topological polar surface area (TPSA) is 107 Å². The molecule has 0 spiro atoms. The molecule has 5 atom stereocenters. The summed E-state index contributed by atoms with van der Waals surface area (Å²) in [6.07, 6.45) is -1.10. The molecule has 2 rings (SSSR count). The number of rotatable bonds is 3. The lowest BCUT2D eigenvalue weighted by Gasteiger charge is -2.35. The summed E-state index contributed by atoms with van der Waals surface area (Å²) in [6, 6.07) is 6.00. The lowest BCUT2D eigenvalue weighted by molar-refractivity contribution is -0.587. The van der Waals surface area contributed by atoms with Crippen LogP contribution in [0.2, 0.25) is 0 Å². The van der Waals surface area contributed by atoms with Gasteiger partial charge >= 0.3 is 0 Å². The molecule has 1 fully saturated rings. The van der Waals surface area contributed by atoms with Gasteiger partial charge in [0.15, 0.2) is 0 Å². The number of aliphatic hydroxyl groups is 1. The van der Waals surface area contributed by atoms with E-state index < -0.39 is 39.9 Å². The standard InChI is InChI=1S/C13H16N2O5/c1-8-7-10(16)13(15(19)20)11(12(8)14(17)18)9-5-3-2-4-6-9/h2-6,8,10-13,16H,7H2,1H3/t8-,10-,11-,12-,13-/m1/s1. The van der Waals surface area contributed by atoms with Crippen LogP contribution in [0.15, 0.2) is 30.3 Å². The van der Waals surface area contributed by atoms with E-state index in [1.807, 2.05) is 0 Å². The van der Waals surface area contributed by atoms with Gasteiger partial charge in [0.2, 0.25) is 6.04 Å².